The Morgan fingerprint density at radius 1 is 1.19 bits per heavy atom. The highest BCUT2D eigenvalue weighted by molar-refractivity contribution is 5.54. The second-order valence-corrected chi connectivity index (χ2v) is 6.02. The van der Waals surface area contributed by atoms with Crippen LogP contribution in [0.2, 0.25) is 0 Å². The van der Waals surface area contributed by atoms with Crippen LogP contribution in [0.15, 0.2) is 9.59 Å². The number of hydrogen-bond acceptors (Lipinski definition) is 4. The van der Waals surface area contributed by atoms with Crippen molar-refractivity contribution in [2.24, 2.45) is 20.0 Å². The zero-order valence-corrected chi connectivity index (χ0v) is 13.1. The highest BCUT2D eigenvalue weighted by Gasteiger charge is 2.30. The van der Waals surface area contributed by atoms with Crippen molar-refractivity contribution in [3.05, 3.63) is 26.4 Å². The van der Waals surface area contributed by atoms with E-state index < -0.39 is 5.56 Å². The van der Waals surface area contributed by atoms with Gasteiger partial charge in [0.2, 0.25) is 0 Å². The van der Waals surface area contributed by atoms with Gasteiger partial charge in [-0.1, -0.05) is 13.8 Å². The van der Waals surface area contributed by atoms with Gasteiger partial charge in [-0.05, 0) is 25.2 Å². The minimum Gasteiger partial charge on any atom is -0.353 e. The van der Waals surface area contributed by atoms with E-state index in [9.17, 15) is 14.9 Å². The standard InChI is InChI=1S/C15H22N4O2/c1-10(2)12-7-5-6-8-19(12)13-11(9-16)14(20)18(4)15(21)17(13)3/h10,12H,5-8H2,1-4H3/t12-/m0/s1. The summed E-state index contributed by atoms with van der Waals surface area (Å²) < 4.78 is 2.43. The maximum Gasteiger partial charge on any atom is 0.332 e. The summed E-state index contributed by atoms with van der Waals surface area (Å²) in [7, 11) is 3.04. The summed E-state index contributed by atoms with van der Waals surface area (Å²) in [6.45, 7) is 5.04. The van der Waals surface area contributed by atoms with Crippen LogP contribution in [0.4, 0.5) is 5.82 Å². The Morgan fingerprint density at radius 3 is 2.43 bits per heavy atom. The van der Waals surface area contributed by atoms with Crippen molar-refractivity contribution in [3.63, 3.8) is 0 Å². The van der Waals surface area contributed by atoms with Gasteiger partial charge in [-0.2, -0.15) is 5.26 Å². The lowest BCUT2D eigenvalue weighted by Gasteiger charge is -2.40. The fourth-order valence-electron chi connectivity index (χ4n) is 3.18. The Balaban J connectivity index is 2.71. The van der Waals surface area contributed by atoms with Crippen molar-refractivity contribution in [2.45, 2.75) is 39.2 Å². The average molecular weight is 290 g/mol. The van der Waals surface area contributed by atoms with Crippen LogP contribution < -0.4 is 16.1 Å². The molecule has 1 fully saturated rings. The van der Waals surface area contributed by atoms with Crippen LogP contribution in [0.5, 0.6) is 0 Å². The van der Waals surface area contributed by atoms with Gasteiger partial charge in [-0.15, -0.1) is 0 Å². The lowest BCUT2D eigenvalue weighted by molar-refractivity contribution is 0.368. The second kappa shape index (κ2) is 5.76. The molecule has 6 nitrogen and oxygen atoms in total. The largest absolute Gasteiger partial charge is 0.353 e. The Bertz CT molecular complexity index is 693. The molecule has 0 aromatic carbocycles. The van der Waals surface area contributed by atoms with Gasteiger partial charge >= 0.3 is 5.69 Å². The molecule has 0 unspecified atom stereocenters. The monoisotopic (exact) mass is 290 g/mol. The first-order valence-corrected chi connectivity index (χ1v) is 7.37. The highest BCUT2D eigenvalue weighted by Crippen LogP contribution is 2.29. The fraction of sp³-hybridized carbons (Fsp3) is 0.667. The third-order valence-corrected chi connectivity index (χ3v) is 4.34. The molecule has 0 aliphatic carbocycles. The highest BCUT2D eigenvalue weighted by atomic mass is 16.2. The molecule has 0 N–H and O–H groups in total. The molecule has 2 rings (SSSR count). The van der Waals surface area contributed by atoms with Gasteiger partial charge in [-0.25, -0.2) is 4.79 Å². The van der Waals surface area contributed by atoms with Gasteiger partial charge < -0.3 is 4.90 Å². The molecule has 2 heterocycles. The normalized spacial score (nSPS) is 18.9. The zero-order chi connectivity index (χ0) is 15.7. The number of anilines is 1. The first kappa shape index (κ1) is 15.4. The third-order valence-electron chi connectivity index (χ3n) is 4.34. The average Bonchev–Trinajstić information content (AvgIpc) is 2.48. The SMILES string of the molecule is CC(C)[C@@H]1CCCCN1c1c(C#N)c(=O)n(C)c(=O)n1C. The van der Waals surface area contributed by atoms with E-state index in [0.717, 1.165) is 30.4 Å². The number of aromatic nitrogens is 2. The van der Waals surface area contributed by atoms with Crippen LogP contribution in [0.1, 0.15) is 38.7 Å². The maximum absolute atomic E-state index is 12.2. The Kier molecular flexibility index (Phi) is 4.21. The maximum atomic E-state index is 12.2. The molecule has 0 radical (unpaired) electrons. The van der Waals surface area contributed by atoms with Crippen molar-refractivity contribution in [2.75, 3.05) is 11.4 Å². The minimum absolute atomic E-state index is 0.0622. The molecule has 0 bridgehead atoms. The quantitative estimate of drug-likeness (QED) is 0.813. The van der Waals surface area contributed by atoms with Crippen molar-refractivity contribution in [1.29, 1.82) is 5.26 Å². The van der Waals surface area contributed by atoms with Gasteiger partial charge in [0.25, 0.3) is 5.56 Å². The summed E-state index contributed by atoms with van der Waals surface area (Å²) in [6, 6.07) is 2.25. The summed E-state index contributed by atoms with van der Waals surface area (Å²) >= 11 is 0. The molecule has 1 aliphatic heterocycles. The molecule has 114 valence electrons. The first-order valence-electron chi connectivity index (χ1n) is 7.37. The summed E-state index contributed by atoms with van der Waals surface area (Å²) in [4.78, 5) is 26.5. The van der Waals surface area contributed by atoms with E-state index in [1.54, 1.807) is 7.05 Å². The third kappa shape index (κ3) is 2.48. The van der Waals surface area contributed by atoms with Crippen LogP contribution in [0.3, 0.4) is 0 Å². The number of piperidine rings is 1. The topological polar surface area (TPSA) is 71.0 Å². The smallest absolute Gasteiger partial charge is 0.332 e. The van der Waals surface area contributed by atoms with E-state index in [0.29, 0.717) is 11.7 Å². The number of hydrogen-bond donors (Lipinski definition) is 0. The summed E-state index contributed by atoms with van der Waals surface area (Å²) in [5, 5.41) is 9.39. The van der Waals surface area contributed by atoms with Crippen LogP contribution >= 0.6 is 0 Å². The molecular weight excluding hydrogens is 268 g/mol. The Labute approximate surface area is 124 Å². The van der Waals surface area contributed by atoms with E-state index in [-0.39, 0.29) is 17.3 Å². The van der Waals surface area contributed by atoms with Gasteiger partial charge in [0.05, 0.1) is 0 Å². The number of nitriles is 1. The van der Waals surface area contributed by atoms with E-state index in [1.165, 1.54) is 11.6 Å². The van der Waals surface area contributed by atoms with Crippen LogP contribution in [0, 0.1) is 17.2 Å². The summed E-state index contributed by atoms with van der Waals surface area (Å²) in [6.07, 6.45) is 3.17. The predicted octanol–water partition coefficient (Wildman–Crippen LogP) is 0.971. The molecule has 0 saturated carbocycles. The fourth-order valence-corrected chi connectivity index (χ4v) is 3.18. The second-order valence-electron chi connectivity index (χ2n) is 6.02. The van der Waals surface area contributed by atoms with Gasteiger partial charge in [0, 0.05) is 26.7 Å². The molecule has 1 atom stereocenters. The first-order chi connectivity index (χ1) is 9.90. The van der Waals surface area contributed by atoms with Crippen LogP contribution in [0.25, 0.3) is 0 Å². The molecular formula is C15H22N4O2. The molecule has 1 aromatic heterocycles. The number of nitrogens with zero attached hydrogens (tertiary/aromatic N) is 4. The molecule has 21 heavy (non-hydrogen) atoms. The van der Waals surface area contributed by atoms with Crippen LogP contribution in [-0.4, -0.2) is 21.7 Å². The van der Waals surface area contributed by atoms with Crippen LogP contribution in [-0.2, 0) is 14.1 Å². The Morgan fingerprint density at radius 2 is 1.86 bits per heavy atom. The van der Waals surface area contributed by atoms with Gasteiger partial charge in [-0.3, -0.25) is 13.9 Å². The van der Waals surface area contributed by atoms with Crippen molar-refractivity contribution < 1.29 is 0 Å². The van der Waals surface area contributed by atoms with Crippen molar-refractivity contribution >= 4 is 5.82 Å². The Hall–Kier alpha value is -2.03. The van der Waals surface area contributed by atoms with Gasteiger partial charge in [0.1, 0.15) is 11.9 Å². The van der Waals surface area contributed by atoms with E-state index >= 15 is 0 Å². The molecule has 1 aromatic rings. The predicted molar refractivity (Wildman–Crippen MR) is 81.5 cm³/mol. The van der Waals surface area contributed by atoms with E-state index in [2.05, 4.69) is 18.7 Å². The lowest BCUT2D eigenvalue weighted by Crippen LogP contribution is -2.49. The minimum atomic E-state index is -0.510. The molecule has 1 aliphatic rings. The van der Waals surface area contributed by atoms with Crippen molar-refractivity contribution in [3.8, 4) is 6.07 Å². The molecule has 0 spiro atoms. The lowest BCUT2D eigenvalue weighted by atomic mass is 9.92. The van der Waals surface area contributed by atoms with E-state index in [1.807, 2.05) is 6.07 Å². The molecule has 0 amide bonds. The van der Waals surface area contributed by atoms with Gasteiger partial charge in [0.15, 0.2) is 5.56 Å². The summed E-state index contributed by atoms with van der Waals surface area (Å²) in [5.74, 6) is 0.875. The molecule has 1 saturated heterocycles. The zero-order valence-electron chi connectivity index (χ0n) is 13.1. The number of rotatable bonds is 2. The van der Waals surface area contributed by atoms with E-state index in [4.69, 9.17) is 0 Å². The van der Waals surface area contributed by atoms with Crippen molar-refractivity contribution in [1.82, 2.24) is 9.13 Å². The summed E-state index contributed by atoms with van der Waals surface area (Å²) in [5.41, 5.74) is -0.835. The molecule has 6 heteroatoms.